The molecule has 0 saturated carbocycles. The van der Waals surface area contributed by atoms with Crippen molar-refractivity contribution in [3.05, 3.63) is 60.5 Å². The summed E-state index contributed by atoms with van der Waals surface area (Å²) in [6.07, 6.45) is 1.86. The van der Waals surface area contributed by atoms with E-state index in [1.165, 1.54) is 17.0 Å². The molecule has 0 atom stereocenters. The van der Waals surface area contributed by atoms with Crippen molar-refractivity contribution >= 4 is 28.5 Å². The Morgan fingerprint density at radius 1 is 1.07 bits per heavy atom. The highest BCUT2D eigenvalue weighted by atomic mass is 19.1. The number of amides is 3. The van der Waals surface area contributed by atoms with E-state index in [0.717, 1.165) is 10.9 Å². The first-order chi connectivity index (χ1) is 14.3. The van der Waals surface area contributed by atoms with Crippen molar-refractivity contribution in [2.45, 2.75) is 6.54 Å². The number of ether oxygens (including phenoxy) is 1. The molecule has 1 aromatic heterocycles. The van der Waals surface area contributed by atoms with Crippen molar-refractivity contribution in [3.63, 3.8) is 0 Å². The second-order valence-corrected chi connectivity index (χ2v) is 7.16. The second-order valence-electron chi connectivity index (χ2n) is 7.16. The molecule has 0 radical (unpaired) electrons. The first-order valence-corrected chi connectivity index (χ1v) is 9.53. The summed E-state index contributed by atoms with van der Waals surface area (Å²) in [6, 6.07) is 12.9. The Kier molecular flexibility index (Phi) is 6.56. The first kappa shape index (κ1) is 21.2. The summed E-state index contributed by atoms with van der Waals surface area (Å²) in [5.74, 6) is 0.234. The van der Waals surface area contributed by atoms with Gasteiger partial charge in [-0.15, -0.1) is 0 Å². The van der Waals surface area contributed by atoms with Gasteiger partial charge in [0.25, 0.3) is 0 Å². The van der Waals surface area contributed by atoms with Crippen LogP contribution in [0.2, 0.25) is 0 Å². The predicted molar refractivity (Wildman–Crippen MR) is 114 cm³/mol. The summed E-state index contributed by atoms with van der Waals surface area (Å²) < 4.78 is 20.3. The number of anilines is 1. The van der Waals surface area contributed by atoms with Crippen molar-refractivity contribution in [3.8, 4) is 5.75 Å². The van der Waals surface area contributed by atoms with E-state index in [1.807, 2.05) is 29.0 Å². The molecule has 7 nitrogen and oxygen atoms in total. The fourth-order valence-corrected chi connectivity index (χ4v) is 2.85. The van der Waals surface area contributed by atoms with Crippen LogP contribution >= 0.6 is 0 Å². The number of hydrogen-bond donors (Lipinski definition) is 1. The van der Waals surface area contributed by atoms with Crippen LogP contribution < -0.4 is 10.1 Å². The lowest BCUT2D eigenvalue weighted by Crippen LogP contribution is -2.34. The van der Waals surface area contributed by atoms with Gasteiger partial charge in [0.15, 0.2) is 0 Å². The molecule has 1 heterocycles. The van der Waals surface area contributed by atoms with Gasteiger partial charge < -0.3 is 24.4 Å². The quantitative estimate of drug-likeness (QED) is 0.647. The summed E-state index contributed by atoms with van der Waals surface area (Å²) in [6.45, 7) is 0.921. The average Bonchev–Trinajstić information content (AvgIpc) is 3.11. The number of carbonyl (C=O) groups is 2. The molecule has 0 aliphatic carbocycles. The van der Waals surface area contributed by atoms with Crippen molar-refractivity contribution in [1.82, 2.24) is 14.4 Å². The molecule has 0 fully saturated rings. The smallest absolute Gasteiger partial charge is 0.321 e. The standard InChI is InChI=1S/C22H25FN4O3/c1-25(2)21(28)15-27-11-10-16-14-18(6-9-20(16)27)24-22(29)26(3)12-13-30-19-7-4-17(23)5-8-19/h4-11,14H,12-13,15H2,1-3H3,(H,24,29). The fourth-order valence-electron chi connectivity index (χ4n) is 2.85. The maximum Gasteiger partial charge on any atom is 0.321 e. The van der Waals surface area contributed by atoms with Crippen molar-refractivity contribution in [1.29, 1.82) is 0 Å². The number of urea groups is 1. The molecule has 3 rings (SSSR count). The molecule has 3 amide bonds. The number of benzene rings is 2. The lowest BCUT2D eigenvalue weighted by molar-refractivity contribution is -0.129. The average molecular weight is 412 g/mol. The topological polar surface area (TPSA) is 66.8 Å². The lowest BCUT2D eigenvalue weighted by atomic mass is 10.2. The van der Waals surface area contributed by atoms with Gasteiger partial charge in [0.05, 0.1) is 6.54 Å². The normalized spacial score (nSPS) is 10.7. The van der Waals surface area contributed by atoms with E-state index < -0.39 is 0 Å². The number of nitrogens with one attached hydrogen (secondary N) is 1. The van der Waals surface area contributed by atoms with Crippen LogP contribution in [0, 0.1) is 5.82 Å². The predicted octanol–water partition coefficient (Wildman–Crippen LogP) is 3.41. The van der Waals surface area contributed by atoms with E-state index in [1.54, 1.807) is 44.2 Å². The number of aromatic nitrogens is 1. The molecule has 3 aromatic rings. The molecule has 1 N–H and O–H groups in total. The van der Waals surface area contributed by atoms with Gasteiger partial charge in [-0.1, -0.05) is 0 Å². The molecule has 158 valence electrons. The molecule has 8 heteroatoms. The van der Waals surface area contributed by atoms with Crippen LogP contribution in [0.1, 0.15) is 0 Å². The largest absolute Gasteiger partial charge is 0.492 e. The molecule has 30 heavy (non-hydrogen) atoms. The van der Waals surface area contributed by atoms with Crippen molar-refractivity contribution in [2.24, 2.45) is 0 Å². The van der Waals surface area contributed by atoms with Crippen LogP contribution in [0.5, 0.6) is 5.75 Å². The van der Waals surface area contributed by atoms with Crippen LogP contribution in [-0.4, -0.2) is 60.6 Å². The Morgan fingerprint density at radius 3 is 2.50 bits per heavy atom. The van der Waals surface area contributed by atoms with Crippen molar-refractivity contribution in [2.75, 3.05) is 39.6 Å². The van der Waals surface area contributed by atoms with Gasteiger partial charge in [-0.25, -0.2) is 9.18 Å². The van der Waals surface area contributed by atoms with Gasteiger partial charge >= 0.3 is 6.03 Å². The maximum absolute atomic E-state index is 12.9. The summed E-state index contributed by atoms with van der Waals surface area (Å²) >= 11 is 0. The van der Waals surface area contributed by atoms with Crippen LogP contribution in [0.4, 0.5) is 14.9 Å². The van der Waals surface area contributed by atoms with E-state index in [0.29, 0.717) is 18.0 Å². The Morgan fingerprint density at radius 2 is 1.80 bits per heavy atom. The minimum Gasteiger partial charge on any atom is -0.492 e. The van der Waals surface area contributed by atoms with Gasteiger partial charge in [0.2, 0.25) is 5.91 Å². The number of hydrogen-bond acceptors (Lipinski definition) is 3. The Labute approximate surface area is 174 Å². The zero-order valence-corrected chi connectivity index (χ0v) is 17.3. The maximum atomic E-state index is 12.9. The third-order valence-electron chi connectivity index (χ3n) is 4.68. The highest BCUT2D eigenvalue weighted by Crippen LogP contribution is 2.21. The van der Waals surface area contributed by atoms with Gasteiger partial charge in [0.1, 0.15) is 24.7 Å². The third kappa shape index (κ3) is 5.28. The zero-order chi connectivity index (χ0) is 21.7. The first-order valence-electron chi connectivity index (χ1n) is 9.53. The number of carbonyl (C=O) groups excluding carboxylic acids is 2. The van der Waals surface area contributed by atoms with E-state index in [-0.39, 0.29) is 30.9 Å². The Hall–Kier alpha value is -3.55. The number of halogens is 1. The van der Waals surface area contributed by atoms with E-state index in [4.69, 9.17) is 4.74 Å². The Bertz CT molecular complexity index is 1030. The molecule has 0 aliphatic rings. The van der Waals surface area contributed by atoms with E-state index in [2.05, 4.69) is 5.32 Å². The monoisotopic (exact) mass is 412 g/mol. The fraction of sp³-hybridized carbons (Fsp3) is 0.273. The van der Waals surface area contributed by atoms with Crippen LogP contribution in [0.25, 0.3) is 10.9 Å². The molecule has 0 saturated heterocycles. The van der Waals surface area contributed by atoms with Gasteiger partial charge in [-0.3, -0.25) is 4.79 Å². The van der Waals surface area contributed by atoms with Gasteiger partial charge in [-0.2, -0.15) is 0 Å². The molecule has 0 spiro atoms. The molecule has 0 unspecified atom stereocenters. The van der Waals surface area contributed by atoms with E-state index in [9.17, 15) is 14.0 Å². The second kappa shape index (κ2) is 9.30. The lowest BCUT2D eigenvalue weighted by Gasteiger charge is -2.18. The molecular weight excluding hydrogens is 387 g/mol. The zero-order valence-electron chi connectivity index (χ0n) is 17.3. The molecular formula is C22H25FN4O3. The molecule has 0 bridgehead atoms. The SMILES string of the molecule is CN(C)C(=O)Cn1ccc2cc(NC(=O)N(C)CCOc3ccc(F)cc3)ccc21. The number of nitrogens with zero attached hydrogens (tertiary/aromatic N) is 3. The Balaban J connectivity index is 1.55. The summed E-state index contributed by atoms with van der Waals surface area (Å²) in [4.78, 5) is 27.4. The van der Waals surface area contributed by atoms with Crippen LogP contribution in [-0.2, 0) is 11.3 Å². The third-order valence-corrected chi connectivity index (χ3v) is 4.68. The van der Waals surface area contributed by atoms with E-state index >= 15 is 0 Å². The minimum absolute atomic E-state index is 0.00867. The number of fused-ring (bicyclic) bond motifs is 1. The number of rotatable bonds is 7. The van der Waals surface area contributed by atoms with Gasteiger partial charge in [-0.05, 0) is 48.5 Å². The summed E-state index contributed by atoms with van der Waals surface area (Å²) in [5, 5.41) is 3.79. The molecule has 2 aromatic carbocycles. The summed E-state index contributed by atoms with van der Waals surface area (Å²) in [7, 11) is 5.12. The highest BCUT2D eigenvalue weighted by Gasteiger charge is 2.11. The molecule has 0 aliphatic heterocycles. The van der Waals surface area contributed by atoms with Crippen molar-refractivity contribution < 1.29 is 18.7 Å². The van der Waals surface area contributed by atoms with Crippen LogP contribution in [0.3, 0.4) is 0 Å². The number of likely N-dealkylation sites (N-methyl/N-ethyl adjacent to an activating group) is 2. The summed E-state index contributed by atoms with van der Waals surface area (Å²) in [5.41, 5.74) is 1.58. The van der Waals surface area contributed by atoms with Crippen LogP contribution in [0.15, 0.2) is 54.7 Å². The minimum atomic E-state index is -0.324. The highest BCUT2D eigenvalue weighted by molar-refractivity contribution is 5.93. The van der Waals surface area contributed by atoms with Gasteiger partial charge in [0, 0.05) is 43.9 Å².